The molecule has 3 atom stereocenters. The van der Waals surface area contributed by atoms with Gasteiger partial charge in [-0.25, -0.2) is 10.3 Å². The first-order valence-electron chi connectivity index (χ1n) is 10.5. The number of carboxylic acid groups (broad SMARTS) is 1. The van der Waals surface area contributed by atoms with E-state index < -0.39 is 48.3 Å². The Morgan fingerprint density at radius 1 is 0.971 bits per heavy atom. The molecule has 0 bridgehead atoms. The molecule has 2 rings (SSSR count). The van der Waals surface area contributed by atoms with Crippen LogP contribution in [-0.2, 0) is 20.9 Å². The third kappa shape index (κ3) is 8.56. The number of carbonyl (C=O) groups excluding carboxylic acids is 3. The van der Waals surface area contributed by atoms with Crippen LogP contribution >= 0.6 is 0 Å². The molecule has 0 aliphatic heterocycles. The van der Waals surface area contributed by atoms with E-state index in [4.69, 9.17) is 16.0 Å². The van der Waals surface area contributed by atoms with Gasteiger partial charge in [0.05, 0.1) is 12.5 Å². The Kier molecular flexibility index (Phi) is 9.92. The minimum absolute atomic E-state index is 0.202. The molecule has 11 nitrogen and oxygen atoms in total. The molecule has 8 N–H and O–H groups in total. The van der Waals surface area contributed by atoms with Crippen LogP contribution in [0, 0.1) is 11.8 Å². The van der Waals surface area contributed by atoms with Crippen molar-refractivity contribution in [1.29, 1.82) is 0 Å². The Morgan fingerprint density at radius 3 is 1.97 bits per heavy atom. The molecule has 11 heteroatoms. The molecular formula is C24H26N4O7. The van der Waals surface area contributed by atoms with Gasteiger partial charge >= 0.3 is 5.97 Å². The number of hydrogen-bond donors (Lipinski definition) is 7. The van der Waals surface area contributed by atoms with Gasteiger partial charge in [-0.05, 0) is 48.9 Å². The van der Waals surface area contributed by atoms with E-state index in [1.807, 2.05) is 0 Å². The highest BCUT2D eigenvalue weighted by molar-refractivity contribution is 5.97. The van der Waals surface area contributed by atoms with Crippen LogP contribution < -0.4 is 21.8 Å². The zero-order chi connectivity index (χ0) is 26.0. The van der Waals surface area contributed by atoms with Crippen LogP contribution in [0.3, 0.4) is 0 Å². The summed E-state index contributed by atoms with van der Waals surface area (Å²) in [7, 11) is 0. The van der Waals surface area contributed by atoms with Gasteiger partial charge in [-0.3, -0.25) is 24.9 Å². The van der Waals surface area contributed by atoms with Crippen molar-refractivity contribution >= 4 is 23.7 Å². The molecule has 35 heavy (non-hydrogen) atoms. The number of aliphatic hydroxyl groups excluding tert-OH is 1. The Bertz CT molecular complexity index is 1120. The molecule has 0 saturated heterocycles. The molecule has 0 saturated carbocycles. The van der Waals surface area contributed by atoms with Gasteiger partial charge in [-0.1, -0.05) is 24.0 Å². The second-order valence-corrected chi connectivity index (χ2v) is 7.63. The van der Waals surface area contributed by atoms with Gasteiger partial charge in [0.1, 0.15) is 12.1 Å². The number of hydroxylamine groups is 1. The summed E-state index contributed by atoms with van der Waals surface area (Å²) in [4.78, 5) is 45.9. The topological polar surface area (TPSA) is 191 Å². The van der Waals surface area contributed by atoms with Crippen molar-refractivity contribution in [2.45, 2.75) is 38.1 Å². The Hall–Kier alpha value is -4.24. The zero-order valence-electron chi connectivity index (χ0n) is 18.8. The second-order valence-electron chi connectivity index (χ2n) is 7.63. The van der Waals surface area contributed by atoms with Crippen molar-refractivity contribution in [2.24, 2.45) is 5.73 Å². The average Bonchev–Trinajstić information content (AvgIpc) is 2.82. The first kappa shape index (κ1) is 27.0. The van der Waals surface area contributed by atoms with Crippen LogP contribution in [0.2, 0.25) is 0 Å². The third-order valence-electron chi connectivity index (χ3n) is 4.86. The van der Waals surface area contributed by atoms with E-state index >= 15 is 0 Å². The maximum Gasteiger partial charge on any atom is 0.326 e. The lowest BCUT2D eigenvalue weighted by Crippen LogP contribution is -2.49. The van der Waals surface area contributed by atoms with Gasteiger partial charge in [0.25, 0.3) is 11.8 Å². The largest absolute Gasteiger partial charge is 0.480 e. The molecule has 1 unspecified atom stereocenters. The lowest BCUT2D eigenvalue weighted by atomic mass is 10.1. The molecule has 2 aromatic carbocycles. The molecule has 2 aromatic rings. The number of carbonyl (C=O) groups is 4. The minimum atomic E-state index is -1.41. The number of primary amides is 1. The van der Waals surface area contributed by atoms with Crippen molar-refractivity contribution < 1.29 is 34.6 Å². The summed E-state index contributed by atoms with van der Waals surface area (Å²) in [6, 6.07) is 10.9. The highest BCUT2D eigenvalue weighted by Crippen LogP contribution is 2.07. The predicted molar refractivity (Wildman–Crippen MR) is 124 cm³/mol. The van der Waals surface area contributed by atoms with Crippen LogP contribution in [0.25, 0.3) is 0 Å². The fourth-order valence-corrected chi connectivity index (χ4v) is 2.98. The summed E-state index contributed by atoms with van der Waals surface area (Å²) in [5.74, 6) is 2.34. The summed E-state index contributed by atoms with van der Waals surface area (Å²) in [5, 5.41) is 32.6. The number of carboxylic acids is 1. The highest BCUT2D eigenvalue weighted by Gasteiger charge is 2.23. The molecule has 0 spiro atoms. The molecule has 3 amide bonds. The van der Waals surface area contributed by atoms with E-state index in [0.29, 0.717) is 11.1 Å². The quantitative estimate of drug-likeness (QED) is 0.134. The van der Waals surface area contributed by atoms with Crippen molar-refractivity contribution in [2.75, 3.05) is 0 Å². The average molecular weight is 482 g/mol. The van der Waals surface area contributed by atoms with E-state index in [1.54, 1.807) is 36.4 Å². The summed E-state index contributed by atoms with van der Waals surface area (Å²) in [5.41, 5.74) is 8.88. The van der Waals surface area contributed by atoms with Gasteiger partial charge in [0, 0.05) is 23.2 Å². The van der Waals surface area contributed by atoms with Gasteiger partial charge in [0.2, 0.25) is 5.91 Å². The first-order valence-corrected chi connectivity index (χ1v) is 10.5. The van der Waals surface area contributed by atoms with E-state index in [-0.39, 0.29) is 12.1 Å². The zero-order valence-corrected chi connectivity index (χ0v) is 18.8. The van der Waals surface area contributed by atoms with Crippen LogP contribution in [0.15, 0.2) is 48.5 Å². The Balaban J connectivity index is 1.98. The number of nitrogens with one attached hydrogen (secondary N) is 3. The third-order valence-corrected chi connectivity index (χ3v) is 4.86. The lowest BCUT2D eigenvalue weighted by molar-refractivity contribution is -0.141. The number of hydrogen-bond acceptors (Lipinski definition) is 7. The maximum atomic E-state index is 12.2. The van der Waals surface area contributed by atoms with Crippen LogP contribution in [0.4, 0.5) is 0 Å². The molecule has 0 aliphatic rings. The molecule has 0 aromatic heterocycles. The van der Waals surface area contributed by atoms with Crippen LogP contribution in [0.5, 0.6) is 0 Å². The molecular weight excluding hydrogens is 456 g/mol. The van der Waals surface area contributed by atoms with E-state index in [1.165, 1.54) is 24.5 Å². The molecule has 0 heterocycles. The number of aliphatic hydroxyl groups is 1. The van der Waals surface area contributed by atoms with E-state index in [2.05, 4.69) is 22.5 Å². The highest BCUT2D eigenvalue weighted by atomic mass is 16.5. The Morgan fingerprint density at radius 2 is 1.51 bits per heavy atom. The number of benzene rings is 2. The van der Waals surface area contributed by atoms with Gasteiger partial charge < -0.3 is 21.3 Å². The molecule has 0 radical (unpaired) electrons. The smallest absolute Gasteiger partial charge is 0.326 e. The van der Waals surface area contributed by atoms with Crippen molar-refractivity contribution in [3.8, 4) is 11.8 Å². The number of amides is 3. The summed E-state index contributed by atoms with van der Waals surface area (Å²) < 4.78 is 0. The standard InChI is InChI=1S/C24H26N4O7/c1-14(29)21(23(32)28-35)26-13-17-6-4-15(5-7-17)2-3-16-8-10-18(11-9-16)22(31)27-19(24(33)34)12-20(25)30/h4-11,14,19,21,26,29,35H,12-13H2,1H3,(H2,25,30)(H,27,31)(H,28,32)(H,33,34)/t14-,19?,21+/m1/s1. The Labute approximate surface area is 201 Å². The van der Waals surface area contributed by atoms with Gasteiger partial charge in [-0.2, -0.15) is 0 Å². The van der Waals surface area contributed by atoms with E-state index in [0.717, 1.165) is 5.56 Å². The van der Waals surface area contributed by atoms with Crippen LogP contribution in [0.1, 0.15) is 40.4 Å². The van der Waals surface area contributed by atoms with Crippen molar-refractivity contribution in [3.05, 3.63) is 70.8 Å². The number of rotatable bonds is 10. The normalized spacial score (nSPS) is 12.9. The minimum Gasteiger partial charge on any atom is -0.480 e. The number of aliphatic carboxylic acids is 1. The second kappa shape index (κ2) is 12.9. The predicted octanol–water partition coefficient (Wildman–Crippen LogP) is -0.511. The molecule has 0 aliphatic carbocycles. The first-order chi connectivity index (χ1) is 16.6. The van der Waals surface area contributed by atoms with Crippen molar-refractivity contribution in [3.63, 3.8) is 0 Å². The molecule has 184 valence electrons. The lowest BCUT2D eigenvalue weighted by Gasteiger charge is -2.19. The van der Waals surface area contributed by atoms with Gasteiger partial charge in [0.15, 0.2) is 0 Å². The maximum absolute atomic E-state index is 12.2. The van der Waals surface area contributed by atoms with Crippen molar-refractivity contribution in [1.82, 2.24) is 16.1 Å². The SMILES string of the molecule is C[C@@H](O)[C@H](NCc1ccc(C#Cc2ccc(C(=O)NC(CC(N)=O)C(=O)O)cc2)cc1)C(=O)NO. The fraction of sp³-hybridized carbons (Fsp3) is 0.250. The number of nitrogens with two attached hydrogens (primary N) is 1. The molecule has 0 fully saturated rings. The van der Waals surface area contributed by atoms with Crippen LogP contribution in [-0.4, -0.2) is 57.3 Å². The van der Waals surface area contributed by atoms with Gasteiger partial charge in [-0.15, -0.1) is 0 Å². The monoisotopic (exact) mass is 482 g/mol. The summed E-state index contributed by atoms with van der Waals surface area (Å²) in [6.07, 6.45) is -1.52. The fourth-order valence-electron chi connectivity index (χ4n) is 2.98. The van der Waals surface area contributed by atoms with E-state index in [9.17, 15) is 24.3 Å². The summed E-state index contributed by atoms with van der Waals surface area (Å²) >= 11 is 0. The summed E-state index contributed by atoms with van der Waals surface area (Å²) in [6.45, 7) is 1.71.